The fourth-order valence-corrected chi connectivity index (χ4v) is 5.08. The zero-order valence-corrected chi connectivity index (χ0v) is 21.8. The average Bonchev–Trinajstić information content (AvgIpc) is 3.41. The number of benzene rings is 2. The first-order valence-corrected chi connectivity index (χ1v) is 12.2. The van der Waals surface area contributed by atoms with Crippen LogP contribution in [0.4, 0.5) is 24.7 Å². The van der Waals surface area contributed by atoms with Crippen molar-refractivity contribution in [3.8, 4) is 5.69 Å². The molecule has 8 nitrogen and oxygen atoms in total. The van der Waals surface area contributed by atoms with Crippen LogP contribution in [0.3, 0.4) is 0 Å². The number of nitrogens with two attached hydrogens (primary N) is 1. The number of carbonyl (C=O) groups is 2. The number of carbonyl (C=O) groups excluding carboxylic acids is 2. The highest BCUT2D eigenvalue weighted by molar-refractivity contribution is 6.53. The summed E-state index contributed by atoms with van der Waals surface area (Å²) in [6.07, 6.45) is -3.65. The molecule has 200 valence electrons. The minimum absolute atomic E-state index is 0.0334. The van der Waals surface area contributed by atoms with E-state index >= 15 is 0 Å². The maximum atomic E-state index is 13.0. The van der Waals surface area contributed by atoms with Gasteiger partial charge in [-0.3, -0.25) is 14.2 Å². The predicted molar refractivity (Wildman–Crippen MR) is 138 cm³/mol. The standard InChI is InChI=1S/C23H16Cl4F3N5O3/c24-13-4-2-12(7-11(13)9-32-20(37)23(28,29)30)33-19(36)18-17(22(18,26)27)10-1-3-14(25)15(8-10)35-6-5-16(31)34-21(35)38/h1-8,17-18H,9H2,(H,32,37)(H,33,36)(H2,31,34,38). The number of amides is 2. The highest BCUT2D eigenvalue weighted by atomic mass is 35.5. The van der Waals surface area contributed by atoms with Gasteiger partial charge in [-0.1, -0.05) is 29.3 Å². The van der Waals surface area contributed by atoms with E-state index in [-0.39, 0.29) is 32.8 Å². The molecule has 38 heavy (non-hydrogen) atoms. The molecule has 0 saturated heterocycles. The van der Waals surface area contributed by atoms with Gasteiger partial charge in [-0.25, -0.2) is 4.79 Å². The Morgan fingerprint density at radius 3 is 2.42 bits per heavy atom. The van der Waals surface area contributed by atoms with Crippen molar-refractivity contribution in [1.82, 2.24) is 14.9 Å². The Morgan fingerprint density at radius 2 is 1.76 bits per heavy atom. The maximum Gasteiger partial charge on any atom is 0.471 e. The molecular weight excluding hydrogens is 593 g/mol. The molecule has 2 amide bonds. The van der Waals surface area contributed by atoms with Gasteiger partial charge >= 0.3 is 17.8 Å². The highest BCUT2D eigenvalue weighted by Gasteiger charge is 2.67. The van der Waals surface area contributed by atoms with Gasteiger partial charge in [0, 0.05) is 29.4 Å². The van der Waals surface area contributed by atoms with Crippen LogP contribution in [-0.2, 0) is 16.1 Å². The van der Waals surface area contributed by atoms with Crippen LogP contribution >= 0.6 is 46.4 Å². The Labute approximate surface area is 232 Å². The molecule has 1 aliphatic rings. The number of anilines is 2. The number of hydrogen-bond donors (Lipinski definition) is 3. The van der Waals surface area contributed by atoms with Crippen molar-refractivity contribution < 1.29 is 22.8 Å². The van der Waals surface area contributed by atoms with Crippen molar-refractivity contribution in [2.75, 3.05) is 11.1 Å². The first kappa shape index (κ1) is 28.0. The third kappa shape index (κ3) is 5.70. The Bertz CT molecular complexity index is 1500. The van der Waals surface area contributed by atoms with Crippen LogP contribution in [0, 0.1) is 5.92 Å². The lowest BCUT2D eigenvalue weighted by atomic mass is 10.1. The van der Waals surface area contributed by atoms with Gasteiger partial charge in [-0.15, -0.1) is 23.2 Å². The molecule has 1 fully saturated rings. The minimum Gasteiger partial charge on any atom is -0.383 e. The fourth-order valence-electron chi connectivity index (χ4n) is 3.86. The monoisotopic (exact) mass is 607 g/mol. The largest absolute Gasteiger partial charge is 0.471 e. The molecule has 0 aliphatic heterocycles. The number of aromatic nitrogens is 2. The first-order chi connectivity index (χ1) is 17.7. The van der Waals surface area contributed by atoms with E-state index in [0.717, 1.165) is 0 Å². The minimum atomic E-state index is -5.05. The predicted octanol–water partition coefficient (Wildman–Crippen LogP) is 4.83. The van der Waals surface area contributed by atoms with Crippen molar-refractivity contribution in [3.05, 3.63) is 80.3 Å². The molecule has 1 heterocycles. The molecule has 3 aromatic rings. The molecule has 1 aliphatic carbocycles. The molecule has 2 atom stereocenters. The van der Waals surface area contributed by atoms with Crippen molar-refractivity contribution >= 4 is 69.7 Å². The second kappa shape index (κ2) is 10.3. The van der Waals surface area contributed by atoms with Gasteiger partial charge in [0.05, 0.1) is 16.6 Å². The number of nitrogen functional groups attached to an aromatic ring is 1. The molecule has 0 bridgehead atoms. The van der Waals surface area contributed by atoms with Crippen molar-refractivity contribution in [1.29, 1.82) is 0 Å². The van der Waals surface area contributed by atoms with Gasteiger partial charge in [-0.2, -0.15) is 18.2 Å². The van der Waals surface area contributed by atoms with Gasteiger partial charge in [0.25, 0.3) is 0 Å². The van der Waals surface area contributed by atoms with E-state index in [1.165, 1.54) is 41.1 Å². The molecular formula is C23H16Cl4F3N5O3. The van der Waals surface area contributed by atoms with Crippen LogP contribution < -0.4 is 22.1 Å². The summed E-state index contributed by atoms with van der Waals surface area (Å²) < 4.78 is 37.1. The van der Waals surface area contributed by atoms with Crippen molar-refractivity contribution in [3.63, 3.8) is 0 Å². The van der Waals surface area contributed by atoms with Gasteiger partial charge in [-0.05, 0) is 47.5 Å². The van der Waals surface area contributed by atoms with Crippen molar-refractivity contribution in [2.24, 2.45) is 5.92 Å². The summed E-state index contributed by atoms with van der Waals surface area (Å²) in [6, 6.07) is 10.2. The molecule has 1 saturated carbocycles. The molecule has 15 heteroatoms. The normalized spacial score (nSPS) is 18.1. The summed E-state index contributed by atoms with van der Waals surface area (Å²) in [5.41, 5.74) is 6.01. The topological polar surface area (TPSA) is 119 Å². The van der Waals surface area contributed by atoms with E-state index in [9.17, 15) is 27.6 Å². The van der Waals surface area contributed by atoms with Gasteiger partial charge in [0.1, 0.15) is 10.2 Å². The van der Waals surface area contributed by atoms with Crippen LogP contribution in [0.2, 0.25) is 10.0 Å². The molecule has 2 unspecified atom stereocenters. The van der Waals surface area contributed by atoms with Gasteiger partial charge < -0.3 is 16.4 Å². The molecule has 4 N–H and O–H groups in total. The highest BCUT2D eigenvalue weighted by Crippen LogP contribution is 2.65. The van der Waals surface area contributed by atoms with Crippen LogP contribution in [0.5, 0.6) is 0 Å². The quantitative estimate of drug-likeness (QED) is 0.347. The Kier molecular flexibility index (Phi) is 7.59. The molecule has 4 rings (SSSR count). The van der Waals surface area contributed by atoms with Gasteiger partial charge in [0.15, 0.2) is 0 Å². The maximum absolute atomic E-state index is 13.0. The van der Waals surface area contributed by atoms with Crippen LogP contribution in [-0.4, -0.2) is 31.9 Å². The third-order valence-corrected chi connectivity index (χ3v) is 7.39. The van der Waals surface area contributed by atoms with E-state index < -0.39 is 46.4 Å². The number of nitrogens with zero attached hydrogens (tertiary/aromatic N) is 2. The number of alkyl halides is 5. The van der Waals surface area contributed by atoms with E-state index in [2.05, 4.69) is 10.3 Å². The van der Waals surface area contributed by atoms with E-state index in [0.29, 0.717) is 5.56 Å². The number of nitrogens with one attached hydrogen (secondary N) is 2. The summed E-state index contributed by atoms with van der Waals surface area (Å²) in [6.45, 7) is -0.519. The van der Waals surface area contributed by atoms with Crippen LogP contribution in [0.15, 0.2) is 53.5 Å². The van der Waals surface area contributed by atoms with Gasteiger partial charge in [0.2, 0.25) is 5.91 Å². The average molecular weight is 609 g/mol. The fraction of sp³-hybridized carbons (Fsp3) is 0.217. The summed E-state index contributed by atoms with van der Waals surface area (Å²) in [5, 5.41) is 4.64. The van der Waals surface area contributed by atoms with Crippen LogP contribution in [0.25, 0.3) is 5.69 Å². The van der Waals surface area contributed by atoms with E-state index in [1.54, 1.807) is 17.4 Å². The summed E-state index contributed by atoms with van der Waals surface area (Å²) >= 11 is 25.2. The third-order valence-electron chi connectivity index (χ3n) is 5.76. The lowest BCUT2D eigenvalue weighted by Gasteiger charge is -2.12. The zero-order valence-electron chi connectivity index (χ0n) is 18.8. The Morgan fingerprint density at radius 1 is 1.08 bits per heavy atom. The SMILES string of the molecule is Nc1ccn(-c2cc(C3C(C(=O)Nc4ccc(Cl)c(CNC(=O)C(F)(F)F)c4)C3(Cl)Cl)ccc2Cl)c(=O)n1. The number of rotatable bonds is 6. The molecule has 0 spiro atoms. The second-order valence-corrected chi connectivity index (χ2v) is 10.6. The Hall–Kier alpha value is -2.99. The summed E-state index contributed by atoms with van der Waals surface area (Å²) in [4.78, 5) is 40.1. The lowest BCUT2D eigenvalue weighted by Crippen LogP contribution is -2.36. The first-order valence-electron chi connectivity index (χ1n) is 10.7. The number of hydrogen-bond acceptors (Lipinski definition) is 5. The van der Waals surface area contributed by atoms with Crippen molar-refractivity contribution in [2.45, 2.75) is 23.0 Å². The molecule has 1 aromatic heterocycles. The van der Waals surface area contributed by atoms with Crippen LogP contribution in [0.1, 0.15) is 17.0 Å². The number of halogens is 7. The summed E-state index contributed by atoms with van der Waals surface area (Å²) in [7, 11) is 0. The Balaban J connectivity index is 1.53. The summed E-state index contributed by atoms with van der Waals surface area (Å²) in [5.74, 6) is -4.28. The van der Waals surface area contributed by atoms with E-state index in [4.69, 9.17) is 52.1 Å². The molecule has 0 radical (unpaired) electrons. The second-order valence-electron chi connectivity index (χ2n) is 8.32. The zero-order chi connectivity index (χ0) is 28.0. The molecule has 2 aromatic carbocycles. The smallest absolute Gasteiger partial charge is 0.383 e. The van der Waals surface area contributed by atoms with E-state index in [1.807, 2.05) is 0 Å². The lowest BCUT2D eigenvalue weighted by molar-refractivity contribution is -0.173.